The van der Waals surface area contributed by atoms with Crippen molar-refractivity contribution in [2.24, 2.45) is 0 Å². The highest BCUT2D eigenvalue weighted by atomic mass is 16.3. The van der Waals surface area contributed by atoms with Crippen LogP contribution in [0, 0.1) is 6.92 Å². The third-order valence-corrected chi connectivity index (χ3v) is 2.09. The maximum Gasteiger partial charge on any atom is 0.115 e. The van der Waals surface area contributed by atoms with Crippen LogP contribution < -0.4 is 0 Å². The van der Waals surface area contributed by atoms with E-state index >= 15 is 0 Å². The first-order valence-electron chi connectivity index (χ1n) is 4.37. The molecule has 14 heavy (non-hydrogen) atoms. The van der Waals surface area contributed by atoms with Gasteiger partial charge in [-0.25, -0.2) is 0 Å². The molecule has 0 bridgehead atoms. The van der Waals surface area contributed by atoms with Crippen LogP contribution in [-0.4, -0.2) is 5.11 Å². The van der Waals surface area contributed by atoms with E-state index in [9.17, 15) is 0 Å². The number of phenolic OH excluding ortho intramolecular Hbond substituents is 1. The van der Waals surface area contributed by atoms with Gasteiger partial charge in [0, 0.05) is 6.92 Å². The Kier molecular flexibility index (Phi) is 2.23. The minimum Gasteiger partial charge on any atom is -0.508 e. The van der Waals surface area contributed by atoms with E-state index in [1.54, 1.807) is 24.3 Å². The van der Waals surface area contributed by atoms with Gasteiger partial charge in [0.15, 0.2) is 0 Å². The highest BCUT2D eigenvalue weighted by Crippen LogP contribution is 2.21. The van der Waals surface area contributed by atoms with Gasteiger partial charge in [-0.2, -0.15) is 0 Å². The standard InChI is InChI=1S/C13H9O/c1-10-2-4-11(5-3-10)12-6-8-13(14)9-7-12/h2-9,14H. The third kappa shape index (κ3) is 1.77. The monoisotopic (exact) mass is 181 g/mol. The first-order chi connectivity index (χ1) is 6.75. The van der Waals surface area contributed by atoms with Crippen molar-refractivity contribution in [1.82, 2.24) is 0 Å². The number of benzene rings is 2. The summed E-state index contributed by atoms with van der Waals surface area (Å²) in [5.74, 6) is 0.269. The smallest absolute Gasteiger partial charge is 0.115 e. The lowest BCUT2D eigenvalue weighted by molar-refractivity contribution is 0.475. The fourth-order valence-electron chi connectivity index (χ4n) is 1.32. The Bertz CT molecular complexity index is 368. The Morgan fingerprint density at radius 3 is 1.64 bits per heavy atom. The second-order valence-electron chi connectivity index (χ2n) is 3.12. The summed E-state index contributed by atoms with van der Waals surface area (Å²) in [5.41, 5.74) is 2.61. The van der Waals surface area contributed by atoms with Gasteiger partial charge in [0.05, 0.1) is 0 Å². The van der Waals surface area contributed by atoms with Crippen molar-refractivity contribution in [3.05, 3.63) is 61.0 Å². The van der Waals surface area contributed by atoms with E-state index in [0.29, 0.717) is 5.56 Å². The van der Waals surface area contributed by atoms with Gasteiger partial charge in [-0.15, -0.1) is 0 Å². The topological polar surface area (TPSA) is 20.2 Å². The summed E-state index contributed by atoms with van der Waals surface area (Å²) in [7, 11) is 0. The molecular formula is C13H9O. The lowest BCUT2D eigenvalue weighted by atomic mass is 10.0. The van der Waals surface area contributed by atoms with E-state index in [4.69, 9.17) is 12.0 Å². The maximum absolute atomic E-state index is 9.12. The molecular weight excluding hydrogens is 172 g/mol. The molecule has 0 saturated heterocycles. The molecule has 2 aromatic rings. The molecule has 0 fully saturated rings. The molecule has 0 amide bonds. The van der Waals surface area contributed by atoms with Gasteiger partial charge in [-0.1, -0.05) is 36.4 Å². The number of aromatic hydroxyl groups is 1. The number of rotatable bonds is 1. The molecule has 2 aromatic carbocycles. The van der Waals surface area contributed by atoms with Crippen molar-refractivity contribution in [3.8, 4) is 16.9 Å². The van der Waals surface area contributed by atoms with Crippen molar-refractivity contribution < 1.29 is 5.11 Å². The number of phenols is 1. The highest BCUT2D eigenvalue weighted by Gasteiger charge is 1.96. The van der Waals surface area contributed by atoms with Crippen molar-refractivity contribution in [2.75, 3.05) is 0 Å². The molecule has 0 atom stereocenters. The van der Waals surface area contributed by atoms with Crippen LogP contribution in [0.1, 0.15) is 5.56 Å². The average Bonchev–Trinajstić information content (AvgIpc) is 2.21. The zero-order valence-electron chi connectivity index (χ0n) is 7.57. The van der Waals surface area contributed by atoms with Gasteiger partial charge in [-0.3, -0.25) is 0 Å². The van der Waals surface area contributed by atoms with E-state index in [0.717, 1.165) is 11.1 Å². The summed E-state index contributed by atoms with van der Waals surface area (Å²) < 4.78 is 0. The fraction of sp³-hybridized carbons (Fsp3) is 0. The predicted molar refractivity (Wildman–Crippen MR) is 55.9 cm³/mol. The summed E-state index contributed by atoms with van der Waals surface area (Å²) in [5, 5.41) is 9.12. The average molecular weight is 181 g/mol. The van der Waals surface area contributed by atoms with Crippen LogP contribution in [-0.2, 0) is 0 Å². The Balaban J connectivity index is 2.40. The van der Waals surface area contributed by atoms with E-state index < -0.39 is 0 Å². The molecule has 3 radical (unpaired) electrons. The second-order valence-corrected chi connectivity index (χ2v) is 3.12. The van der Waals surface area contributed by atoms with Crippen LogP contribution in [0.5, 0.6) is 5.75 Å². The quantitative estimate of drug-likeness (QED) is 0.717. The molecule has 2 rings (SSSR count). The van der Waals surface area contributed by atoms with Gasteiger partial charge in [0.2, 0.25) is 0 Å². The van der Waals surface area contributed by atoms with Crippen LogP contribution in [0.3, 0.4) is 0 Å². The molecule has 0 aliphatic rings. The van der Waals surface area contributed by atoms with Gasteiger partial charge in [0.1, 0.15) is 5.75 Å². The molecule has 0 saturated carbocycles. The number of hydrogen-bond acceptors (Lipinski definition) is 1. The van der Waals surface area contributed by atoms with E-state index in [1.807, 2.05) is 24.3 Å². The minimum absolute atomic E-state index is 0.269. The molecule has 0 unspecified atom stereocenters. The zero-order valence-corrected chi connectivity index (χ0v) is 7.57. The third-order valence-electron chi connectivity index (χ3n) is 2.09. The Morgan fingerprint density at radius 1 is 0.714 bits per heavy atom. The largest absolute Gasteiger partial charge is 0.508 e. The van der Waals surface area contributed by atoms with Gasteiger partial charge < -0.3 is 5.11 Å². The molecule has 0 spiro atoms. The molecule has 0 heterocycles. The first kappa shape index (κ1) is 8.82. The summed E-state index contributed by atoms with van der Waals surface area (Å²) in [4.78, 5) is 0. The van der Waals surface area contributed by atoms with Crippen LogP contribution in [0.25, 0.3) is 11.1 Å². The zero-order chi connectivity index (χ0) is 9.97. The summed E-state index contributed by atoms with van der Waals surface area (Å²) >= 11 is 0. The van der Waals surface area contributed by atoms with Gasteiger partial charge in [-0.05, 0) is 28.8 Å². The Morgan fingerprint density at radius 2 is 1.14 bits per heavy atom. The molecule has 1 heteroatoms. The van der Waals surface area contributed by atoms with Gasteiger partial charge in [0.25, 0.3) is 0 Å². The fourth-order valence-corrected chi connectivity index (χ4v) is 1.32. The molecule has 1 nitrogen and oxygen atoms in total. The van der Waals surface area contributed by atoms with Gasteiger partial charge >= 0.3 is 0 Å². The number of hydrogen-bond donors (Lipinski definition) is 1. The normalized spacial score (nSPS) is 10.1. The Labute approximate surface area is 83.6 Å². The molecule has 0 aromatic heterocycles. The summed E-state index contributed by atoms with van der Waals surface area (Å²) in [6.45, 7) is 7.35. The molecule has 67 valence electrons. The van der Waals surface area contributed by atoms with Crippen molar-refractivity contribution in [2.45, 2.75) is 0 Å². The van der Waals surface area contributed by atoms with Crippen LogP contribution in [0.2, 0.25) is 0 Å². The van der Waals surface area contributed by atoms with Crippen LogP contribution in [0.4, 0.5) is 0 Å². The van der Waals surface area contributed by atoms with Crippen molar-refractivity contribution in [1.29, 1.82) is 0 Å². The summed E-state index contributed by atoms with van der Waals surface area (Å²) in [6, 6.07) is 14.3. The maximum atomic E-state index is 9.12. The molecule has 0 aliphatic carbocycles. The van der Waals surface area contributed by atoms with E-state index in [1.165, 1.54) is 0 Å². The predicted octanol–water partition coefficient (Wildman–Crippen LogP) is 3.00. The lowest BCUT2D eigenvalue weighted by Gasteiger charge is -2.01. The molecule has 1 N–H and O–H groups in total. The lowest BCUT2D eigenvalue weighted by Crippen LogP contribution is -1.77. The van der Waals surface area contributed by atoms with E-state index in [-0.39, 0.29) is 5.75 Å². The molecule has 0 aliphatic heterocycles. The van der Waals surface area contributed by atoms with E-state index in [2.05, 4.69) is 0 Å². The summed E-state index contributed by atoms with van der Waals surface area (Å²) in [6.07, 6.45) is 0. The first-order valence-corrected chi connectivity index (χ1v) is 4.37. The van der Waals surface area contributed by atoms with Crippen LogP contribution in [0.15, 0.2) is 48.5 Å². The Hall–Kier alpha value is -1.76. The van der Waals surface area contributed by atoms with Crippen molar-refractivity contribution >= 4 is 0 Å². The highest BCUT2D eigenvalue weighted by molar-refractivity contribution is 5.64. The van der Waals surface area contributed by atoms with Crippen LogP contribution >= 0.6 is 0 Å². The SMILES string of the molecule is [C]c1ccc(-c2ccc(O)cc2)cc1. The minimum atomic E-state index is 0.269. The second kappa shape index (κ2) is 3.54. The van der Waals surface area contributed by atoms with Crippen molar-refractivity contribution in [3.63, 3.8) is 0 Å².